The van der Waals surface area contributed by atoms with Gasteiger partial charge in [0.05, 0.1) is 6.61 Å². The van der Waals surface area contributed by atoms with Gasteiger partial charge in [-0.2, -0.15) is 0 Å². The smallest absolute Gasteiger partial charge is 0.314 e. The number of benzene rings is 2. The van der Waals surface area contributed by atoms with Crippen molar-refractivity contribution in [1.82, 2.24) is 10.6 Å². The van der Waals surface area contributed by atoms with Gasteiger partial charge >= 0.3 is 6.03 Å². The molecular weight excluding hydrogens is 316 g/mol. The third kappa shape index (κ3) is 6.37. The fraction of sp³-hybridized carbons (Fsp3) is 0.350. The maximum Gasteiger partial charge on any atom is 0.314 e. The van der Waals surface area contributed by atoms with Crippen molar-refractivity contribution in [3.05, 3.63) is 59.2 Å². The van der Waals surface area contributed by atoms with Crippen LogP contribution in [0.15, 0.2) is 42.5 Å². The molecule has 0 aliphatic heterocycles. The summed E-state index contributed by atoms with van der Waals surface area (Å²) >= 11 is 0. The predicted octanol–water partition coefficient (Wildman–Crippen LogP) is 3.32. The Balaban J connectivity index is 1.57. The minimum Gasteiger partial charge on any atom is -0.508 e. The summed E-state index contributed by atoms with van der Waals surface area (Å²) in [5.41, 5.74) is 3.32. The zero-order chi connectivity index (χ0) is 18.1. The molecule has 0 aliphatic rings. The van der Waals surface area contributed by atoms with Gasteiger partial charge in [0.15, 0.2) is 0 Å². The average molecular weight is 342 g/mol. The van der Waals surface area contributed by atoms with Crippen molar-refractivity contribution in [1.29, 1.82) is 0 Å². The number of nitrogens with one attached hydrogen (secondary N) is 2. The van der Waals surface area contributed by atoms with Gasteiger partial charge in [-0.1, -0.05) is 30.3 Å². The van der Waals surface area contributed by atoms with Crippen LogP contribution in [0, 0.1) is 13.8 Å². The number of carbonyl (C=O) groups excluding carboxylic acids is 1. The highest BCUT2D eigenvalue weighted by molar-refractivity contribution is 5.73. The molecule has 0 radical (unpaired) electrons. The number of urea groups is 1. The number of amides is 2. The van der Waals surface area contributed by atoms with E-state index in [0.717, 1.165) is 35.3 Å². The van der Waals surface area contributed by atoms with Crippen LogP contribution in [0.25, 0.3) is 0 Å². The zero-order valence-electron chi connectivity index (χ0n) is 14.8. The monoisotopic (exact) mass is 342 g/mol. The maximum absolute atomic E-state index is 11.7. The van der Waals surface area contributed by atoms with Crippen LogP contribution in [0.2, 0.25) is 0 Å². The van der Waals surface area contributed by atoms with Gasteiger partial charge in [0.1, 0.15) is 11.5 Å². The van der Waals surface area contributed by atoms with Crippen LogP contribution >= 0.6 is 0 Å². The molecule has 0 aliphatic carbocycles. The lowest BCUT2D eigenvalue weighted by molar-refractivity contribution is 0.239. The number of para-hydroxylation sites is 1. The molecule has 0 heterocycles. The van der Waals surface area contributed by atoms with Crippen molar-refractivity contribution in [2.75, 3.05) is 19.7 Å². The van der Waals surface area contributed by atoms with Gasteiger partial charge in [-0.3, -0.25) is 0 Å². The Morgan fingerprint density at radius 1 is 1.00 bits per heavy atom. The van der Waals surface area contributed by atoms with Crippen molar-refractivity contribution in [3.8, 4) is 11.5 Å². The van der Waals surface area contributed by atoms with Crippen LogP contribution in [0.5, 0.6) is 11.5 Å². The first-order chi connectivity index (χ1) is 12.1. The number of aryl methyl sites for hydroxylation is 2. The van der Waals surface area contributed by atoms with Crippen LogP contribution in [-0.2, 0) is 6.42 Å². The molecule has 0 spiro atoms. The standard InChI is InChI=1S/C20H26N2O3/c1-15-5-3-6-16(2)19(15)25-14-4-12-21-20(24)22-13-11-17-7-9-18(23)10-8-17/h3,5-10,23H,4,11-14H2,1-2H3,(H2,21,22,24). The predicted molar refractivity (Wildman–Crippen MR) is 99.2 cm³/mol. The van der Waals surface area contributed by atoms with Crippen molar-refractivity contribution in [2.24, 2.45) is 0 Å². The Morgan fingerprint density at radius 3 is 2.32 bits per heavy atom. The van der Waals surface area contributed by atoms with Crippen molar-refractivity contribution < 1.29 is 14.6 Å². The fourth-order valence-corrected chi connectivity index (χ4v) is 2.52. The fourth-order valence-electron chi connectivity index (χ4n) is 2.52. The molecule has 2 aromatic carbocycles. The molecule has 0 aromatic heterocycles. The van der Waals surface area contributed by atoms with E-state index in [-0.39, 0.29) is 11.8 Å². The Morgan fingerprint density at radius 2 is 1.64 bits per heavy atom. The highest BCUT2D eigenvalue weighted by atomic mass is 16.5. The first kappa shape index (κ1) is 18.6. The van der Waals surface area contributed by atoms with Crippen LogP contribution in [0.4, 0.5) is 4.79 Å². The van der Waals surface area contributed by atoms with Gasteiger partial charge in [0.2, 0.25) is 0 Å². The minimum absolute atomic E-state index is 0.175. The number of hydrogen-bond donors (Lipinski definition) is 3. The van der Waals surface area contributed by atoms with Crippen molar-refractivity contribution >= 4 is 6.03 Å². The SMILES string of the molecule is Cc1cccc(C)c1OCCCNC(=O)NCCc1ccc(O)cc1. The summed E-state index contributed by atoms with van der Waals surface area (Å²) < 4.78 is 5.81. The van der Waals surface area contributed by atoms with Crippen molar-refractivity contribution in [2.45, 2.75) is 26.7 Å². The number of ether oxygens (including phenoxy) is 1. The van der Waals surface area contributed by atoms with Gasteiger partial charge < -0.3 is 20.5 Å². The molecule has 5 heteroatoms. The third-order valence-corrected chi connectivity index (χ3v) is 3.90. The largest absolute Gasteiger partial charge is 0.508 e. The van der Waals surface area contributed by atoms with Gasteiger partial charge in [0.25, 0.3) is 0 Å². The van der Waals surface area contributed by atoms with Crippen LogP contribution in [0.3, 0.4) is 0 Å². The molecule has 0 unspecified atom stereocenters. The first-order valence-electron chi connectivity index (χ1n) is 8.55. The zero-order valence-corrected chi connectivity index (χ0v) is 14.8. The summed E-state index contributed by atoms with van der Waals surface area (Å²) in [5.74, 6) is 1.18. The molecular formula is C20H26N2O3. The second kappa shape index (κ2) is 9.57. The molecule has 2 rings (SSSR count). The second-order valence-corrected chi connectivity index (χ2v) is 6.02. The van der Waals surface area contributed by atoms with Gasteiger partial charge in [-0.15, -0.1) is 0 Å². The summed E-state index contributed by atoms with van der Waals surface area (Å²) in [6, 6.07) is 12.9. The summed E-state index contributed by atoms with van der Waals surface area (Å²) in [7, 11) is 0. The molecule has 3 N–H and O–H groups in total. The van der Waals surface area contributed by atoms with E-state index in [1.807, 2.05) is 44.2 Å². The number of rotatable bonds is 8. The lowest BCUT2D eigenvalue weighted by Gasteiger charge is -2.12. The molecule has 134 valence electrons. The minimum atomic E-state index is -0.175. The number of phenolic OH excluding ortho intramolecular Hbond substituents is 1. The third-order valence-electron chi connectivity index (χ3n) is 3.90. The summed E-state index contributed by atoms with van der Waals surface area (Å²) in [6.07, 6.45) is 1.47. The number of hydrogen-bond acceptors (Lipinski definition) is 3. The van der Waals surface area contributed by atoms with E-state index in [4.69, 9.17) is 4.74 Å². The molecule has 0 atom stereocenters. The first-order valence-corrected chi connectivity index (χ1v) is 8.55. The van der Waals surface area contributed by atoms with E-state index in [1.54, 1.807) is 12.1 Å². The Kier molecular flexibility index (Phi) is 7.14. The highest BCUT2D eigenvalue weighted by Crippen LogP contribution is 2.22. The lowest BCUT2D eigenvalue weighted by atomic mass is 10.1. The van der Waals surface area contributed by atoms with Gasteiger partial charge in [-0.25, -0.2) is 4.79 Å². The van der Waals surface area contributed by atoms with Crippen molar-refractivity contribution in [3.63, 3.8) is 0 Å². The quantitative estimate of drug-likeness (QED) is 0.645. The van der Waals surface area contributed by atoms with Crippen LogP contribution in [-0.4, -0.2) is 30.8 Å². The van der Waals surface area contributed by atoms with E-state index in [9.17, 15) is 9.90 Å². The van der Waals surface area contributed by atoms with E-state index < -0.39 is 0 Å². The van der Waals surface area contributed by atoms with Gasteiger partial charge in [0, 0.05) is 13.1 Å². The second-order valence-electron chi connectivity index (χ2n) is 6.02. The molecule has 0 saturated heterocycles. The summed E-state index contributed by atoms with van der Waals surface area (Å²) in [6.45, 7) is 5.75. The molecule has 2 amide bonds. The topological polar surface area (TPSA) is 70.6 Å². The van der Waals surface area contributed by atoms with Crippen LogP contribution < -0.4 is 15.4 Å². The molecule has 5 nitrogen and oxygen atoms in total. The Labute approximate surface area is 149 Å². The molecule has 25 heavy (non-hydrogen) atoms. The Bertz CT molecular complexity index is 664. The lowest BCUT2D eigenvalue weighted by Crippen LogP contribution is -2.37. The molecule has 2 aromatic rings. The normalized spacial score (nSPS) is 10.3. The molecule has 0 fully saturated rings. The van der Waals surface area contributed by atoms with Crippen LogP contribution in [0.1, 0.15) is 23.1 Å². The Hall–Kier alpha value is -2.69. The van der Waals surface area contributed by atoms with E-state index in [2.05, 4.69) is 10.6 Å². The van der Waals surface area contributed by atoms with E-state index in [0.29, 0.717) is 19.7 Å². The van der Waals surface area contributed by atoms with E-state index in [1.165, 1.54) is 0 Å². The van der Waals surface area contributed by atoms with Gasteiger partial charge in [-0.05, 0) is 55.5 Å². The number of carbonyl (C=O) groups is 1. The molecule has 0 bridgehead atoms. The maximum atomic E-state index is 11.7. The summed E-state index contributed by atoms with van der Waals surface area (Å²) in [5, 5.41) is 14.9. The van der Waals surface area contributed by atoms with E-state index >= 15 is 0 Å². The summed E-state index contributed by atoms with van der Waals surface area (Å²) in [4.78, 5) is 11.7. The number of phenols is 1. The molecule has 0 saturated carbocycles. The highest BCUT2D eigenvalue weighted by Gasteiger charge is 2.03. The number of aromatic hydroxyl groups is 1. The average Bonchev–Trinajstić information content (AvgIpc) is 2.58.